The average Bonchev–Trinajstić information content (AvgIpc) is 2.38. The van der Waals surface area contributed by atoms with E-state index in [1.807, 2.05) is 18.7 Å². The third-order valence-electron chi connectivity index (χ3n) is 2.74. The monoisotopic (exact) mass is 253 g/mol. The number of carbonyl (C=O) groups is 1. The number of halogens is 1. The molecule has 0 aromatic heterocycles. The summed E-state index contributed by atoms with van der Waals surface area (Å²) in [5.74, 6) is -0.316. The molecule has 100 valence electrons. The molecule has 3 nitrogen and oxygen atoms in total. The van der Waals surface area contributed by atoms with Crippen molar-refractivity contribution in [1.82, 2.24) is 4.90 Å². The first-order chi connectivity index (χ1) is 8.67. The second kappa shape index (κ2) is 7.95. The summed E-state index contributed by atoms with van der Waals surface area (Å²) in [6.07, 6.45) is 0. The van der Waals surface area contributed by atoms with Crippen molar-refractivity contribution in [2.75, 3.05) is 32.8 Å². The van der Waals surface area contributed by atoms with Crippen molar-refractivity contribution < 1.29 is 13.9 Å². The lowest BCUT2D eigenvalue weighted by Gasteiger charge is -2.19. The van der Waals surface area contributed by atoms with E-state index in [1.54, 1.807) is 0 Å². The van der Waals surface area contributed by atoms with E-state index in [-0.39, 0.29) is 11.6 Å². The minimum absolute atomic E-state index is 0.00773. The van der Waals surface area contributed by atoms with Crippen LogP contribution in [0.25, 0.3) is 0 Å². The number of ketones is 1. The Morgan fingerprint density at radius 3 is 2.50 bits per heavy atom. The van der Waals surface area contributed by atoms with E-state index in [4.69, 9.17) is 4.74 Å². The number of Topliss-reactive ketones (excluding diaryl/α,β-unsaturated/α-hetero) is 1. The normalized spacial score (nSPS) is 10.9. The fourth-order valence-electron chi connectivity index (χ4n) is 1.62. The molecule has 0 saturated carbocycles. The molecule has 0 bridgehead atoms. The van der Waals surface area contributed by atoms with Crippen molar-refractivity contribution in [1.29, 1.82) is 0 Å². The second-order valence-corrected chi connectivity index (χ2v) is 4.00. The Kier molecular flexibility index (Phi) is 6.54. The first kappa shape index (κ1) is 14.8. The van der Waals surface area contributed by atoms with E-state index in [0.717, 1.165) is 13.1 Å². The van der Waals surface area contributed by atoms with Gasteiger partial charge in [0.15, 0.2) is 5.78 Å². The molecular formula is C14H20FNO2. The van der Waals surface area contributed by atoms with Crippen LogP contribution >= 0.6 is 0 Å². The Bertz CT molecular complexity index is 365. The van der Waals surface area contributed by atoms with Gasteiger partial charge in [0.05, 0.1) is 13.2 Å². The van der Waals surface area contributed by atoms with Crippen molar-refractivity contribution in [3.05, 3.63) is 35.6 Å². The smallest absolute Gasteiger partial charge is 0.176 e. The van der Waals surface area contributed by atoms with Crippen molar-refractivity contribution >= 4 is 5.78 Å². The molecule has 1 rings (SSSR count). The summed E-state index contributed by atoms with van der Waals surface area (Å²) in [5, 5.41) is 0. The third kappa shape index (κ3) is 4.94. The molecule has 0 unspecified atom stereocenters. The zero-order valence-electron chi connectivity index (χ0n) is 11.0. The van der Waals surface area contributed by atoms with Crippen LogP contribution < -0.4 is 0 Å². The highest BCUT2D eigenvalue weighted by Gasteiger charge is 2.11. The zero-order valence-corrected chi connectivity index (χ0v) is 11.0. The predicted octanol–water partition coefficient (Wildman–Crippen LogP) is 2.37. The highest BCUT2D eigenvalue weighted by molar-refractivity contribution is 5.97. The summed E-state index contributed by atoms with van der Waals surface area (Å²) < 4.78 is 18.0. The van der Waals surface area contributed by atoms with Crippen molar-refractivity contribution in [3.8, 4) is 0 Å². The first-order valence-corrected chi connectivity index (χ1v) is 6.26. The topological polar surface area (TPSA) is 29.5 Å². The van der Waals surface area contributed by atoms with Crippen LogP contribution in [0.1, 0.15) is 24.2 Å². The third-order valence-corrected chi connectivity index (χ3v) is 2.74. The fourth-order valence-corrected chi connectivity index (χ4v) is 1.62. The van der Waals surface area contributed by atoms with Crippen LogP contribution in [0.3, 0.4) is 0 Å². The van der Waals surface area contributed by atoms with Crippen LogP contribution in [0.4, 0.5) is 4.39 Å². The quantitative estimate of drug-likeness (QED) is 0.526. The minimum Gasteiger partial charge on any atom is -0.380 e. The number of ether oxygens (including phenoxy) is 1. The van der Waals surface area contributed by atoms with E-state index in [1.165, 1.54) is 24.3 Å². The Morgan fingerprint density at radius 1 is 1.28 bits per heavy atom. The van der Waals surface area contributed by atoms with Gasteiger partial charge in [-0.3, -0.25) is 9.69 Å². The Labute approximate surface area is 108 Å². The van der Waals surface area contributed by atoms with Gasteiger partial charge in [0, 0.05) is 18.7 Å². The molecule has 0 aliphatic rings. The van der Waals surface area contributed by atoms with Crippen LogP contribution in [-0.4, -0.2) is 43.5 Å². The molecule has 0 aliphatic carbocycles. The Morgan fingerprint density at radius 2 is 1.94 bits per heavy atom. The highest BCUT2D eigenvalue weighted by atomic mass is 19.1. The first-order valence-electron chi connectivity index (χ1n) is 6.26. The molecule has 0 atom stereocenters. The van der Waals surface area contributed by atoms with Crippen LogP contribution in [-0.2, 0) is 4.74 Å². The molecule has 0 saturated heterocycles. The number of rotatable bonds is 8. The van der Waals surface area contributed by atoms with Crippen LogP contribution in [0.15, 0.2) is 24.3 Å². The SMILES string of the molecule is CCOCCN(CC)CC(=O)c1ccc(F)cc1. The lowest BCUT2D eigenvalue weighted by Crippen LogP contribution is -2.32. The van der Waals surface area contributed by atoms with E-state index < -0.39 is 0 Å². The summed E-state index contributed by atoms with van der Waals surface area (Å²) in [6, 6.07) is 5.66. The number of hydrogen-bond donors (Lipinski definition) is 0. The lowest BCUT2D eigenvalue weighted by molar-refractivity contribution is 0.0867. The molecule has 18 heavy (non-hydrogen) atoms. The summed E-state index contributed by atoms with van der Waals surface area (Å²) in [5.41, 5.74) is 0.547. The molecule has 0 radical (unpaired) electrons. The zero-order chi connectivity index (χ0) is 13.4. The highest BCUT2D eigenvalue weighted by Crippen LogP contribution is 2.05. The van der Waals surface area contributed by atoms with E-state index in [0.29, 0.717) is 25.3 Å². The van der Waals surface area contributed by atoms with Gasteiger partial charge < -0.3 is 4.74 Å². The maximum absolute atomic E-state index is 12.7. The molecule has 0 N–H and O–H groups in total. The molecule has 1 aromatic rings. The number of likely N-dealkylation sites (N-methyl/N-ethyl adjacent to an activating group) is 1. The summed E-state index contributed by atoms with van der Waals surface area (Å²) in [6.45, 7) is 7.13. The summed E-state index contributed by atoms with van der Waals surface area (Å²) >= 11 is 0. The van der Waals surface area contributed by atoms with Gasteiger partial charge in [-0.2, -0.15) is 0 Å². The van der Waals surface area contributed by atoms with Gasteiger partial charge in [0.2, 0.25) is 0 Å². The summed E-state index contributed by atoms with van der Waals surface area (Å²) in [4.78, 5) is 14.0. The standard InChI is InChI=1S/C14H20FNO2/c1-3-16(9-10-18-4-2)11-14(17)12-5-7-13(15)8-6-12/h5-8H,3-4,9-11H2,1-2H3. The van der Waals surface area contributed by atoms with Gasteiger partial charge in [-0.1, -0.05) is 6.92 Å². The minimum atomic E-state index is -0.324. The average molecular weight is 253 g/mol. The maximum Gasteiger partial charge on any atom is 0.176 e. The van der Waals surface area contributed by atoms with Crippen molar-refractivity contribution in [2.45, 2.75) is 13.8 Å². The number of benzene rings is 1. The molecule has 4 heteroatoms. The van der Waals surface area contributed by atoms with Crippen molar-refractivity contribution in [2.24, 2.45) is 0 Å². The van der Waals surface area contributed by atoms with E-state index >= 15 is 0 Å². The van der Waals surface area contributed by atoms with E-state index in [2.05, 4.69) is 0 Å². The molecule has 0 heterocycles. The molecule has 1 aromatic carbocycles. The Balaban J connectivity index is 2.48. The van der Waals surface area contributed by atoms with Gasteiger partial charge >= 0.3 is 0 Å². The molecule has 0 spiro atoms. The molecule has 0 aliphatic heterocycles. The maximum atomic E-state index is 12.7. The Hall–Kier alpha value is -1.26. The number of carbonyl (C=O) groups excluding carboxylic acids is 1. The van der Waals surface area contributed by atoms with Crippen molar-refractivity contribution in [3.63, 3.8) is 0 Å². The molecule has 0 fully saturated rings. The summed E-state index contributed by atoms with van der Waals surface area (Å²) in [7, 11) is 0. The largest absolute Gasteiger partial charge is 0.380 e. The molecule has 0 amide bonds. The van der Waals surface area contributed by atoms with Gasteiger partial charge in [0.1, 0.15) is 5.82 Å². The fraction of sp³-hybridized carbons (Fsp3) is 0.500. The van der Waals surface area contributed by atoms with Crippen LogP contribution in [0, 0.1) is 5.82 Å². The van der Waals surface area contributed by atoms with Gasteiger partial charge in [0.25, 0.3) is 0 Å². The second-order valence-electron chi connectivity index (χ2n) is 4.00. The molecular weight excluding hydrogens is 233 g/mol. The van der Waals surface area contributed by atoms with Gasteiger partial charge in [-0.15, -0.1) is 0 Å². The van der Waals surface area contributed by atoms with Crippen LogP contribution in [0.2, 0.25) is 0 Å². The van der Waals surface area contributed by atoms with E-state index in [9.17, 15) is 9.18 Å². The number of hydrogen-bond acceptors (Lipinski definition) is 3. The number of nitrogens with zero attached hydrogens (tertiary/aromatic N) is 1. The predicted molar refractivity (Wildman–Crippen MR) is 69.3 cm³/mol. The van der Waals surface area contributed by atoms with Gasteiger partial charge in [-0.05, 0) is 37.7 Å². The van der Waals surface area contributed by atoms with Crippen LogP contribution in [0.5, 0.6) is 0 Å². The lowest BCUT2D eigenvalue weighted by atomic mass is 10.1. The van der Waals surface area contributed by atoms with Gasteiger partial charge in [-0.25, -0.2) is 4.39 Å².